The molecule has 0 N–H and O–H groups in total. The van der Waals surface area contributed by atoms with Gasteiger partial charge in [0, 0.05) is 38.1 Å². The van der Waals surface area contributed by atoms with Crippen LogP contribution in [0.15, 0.2) is 54.6 Å². The summed E-state index contributed by atoms with van der Waals surface area (Å²) in [5.74, 6) is -0.182. The van der Waals surface area contributed by atoms with Crippen molar-refractivity contribution in [2.45, 2.75) is 19.4 Å². The molecule has 136 valence electrons. The number of carbonyl (C=O) groups is 2. The molecule has 0 aromatic heterocycles. The number of hydrogen-bond acceptors (Lipinski definition) is 2. The number of likely N-dealkylation sites (tertiary alicyclic amines) is 1. The fourth-order valence-electron chi connectivity index (χ4n) is 3.36. The van der Waals surface area contributed by atoms with Gasteiger partial charge in [0.2, 0.25) is 11.8 Å². The smallest absolute Gasteiger partial charge is 0.228 e. The average Bonchev–Trinajstić information content (AvgIpc) is 3.01. The third-order valence-corrected chi connectivity index (χ3v) is 5.00. The molecule has 0 aliphatic carbocycles. The summed E-state index contributed by atoms with van der Waals surface area (Å²) in [6.07, 6.45) is 1.11. The quantitative estimate of drug-likeness (QED) is 0.782. The Kier molecular flexibility index (Phi) is 5.94. The third-order valence-electron chi connectivity index (χ3n) is 4.76. The first kappa shape index (κ1) is 18.5. The van der Waals surface area contributed by atoms with Crippen LogP contribution in [0.25, 0.3) is 0 Å². The lowest BCUT2D eigenvalue weighted by Crippen LogP contribution is -2.34. The first-order chi connectivity index (χ1) is 12.5. The van der Waals surface area contributed by atoms with Crippen molar-refractivity contribution in [1.29, 1.82) is 0 Å². The molecule has 0 bridgehead atoms. The second-order valence-electron chi connectivity index (χ2n) is 6.80. The van der Waals surface area contributed by atoms with Crippen molar-refractivity contribution < 1.29 is 9.59 Å². The van der Waals surface area contributed by atoms with E-state index < -0.39 is 0 Å². The summed E-state index contributed by atoms with van der Waals surface area (Å²) in [6, 6.07) is 17.6. The number of nitrogens with zero attached hydrogens (tertiary/aromatic N) is 2. The Morgan fingerprint density at radius 3 is 2.62 bits per heavy atom. The molecule has 1 atom stereocenters. The molecule has 26 heavy (non-hydrogen) atoms. The van der Waals surface area contributed by atoms with Crippen molar-refractivity contribution in [3.05, 3.63) is 70.7 Å². The van der Waals surface area contributed by atoms with E-state index in [1.54, 1.807) is 11.9 Å². The van der Waals surface area contributed by atoms with Crippen molar-refractivity contribution in [3.63, 3.8) is 0 Å². The van der Waals surface area contributed by atoms with E-state index in [4.69, 9.17) is 11.6 Å². The maximum atomic E-state index is 12.7. The lowest BCUT2D eigenvalue weighted by Gasteiger charge is -2.21. The Morgan fingerprint density at radius 1 is 1.15 bits per heavy atom. The van der Waals surface area contributed by atoms with E-state index in [1.165, 1.54) is 5.56 Å². The Bertz CT molecular complexity index is 779. The van der Waals surface area contributed by atoms with Crippen LogP contribution in [-0.2, 0) is 22.6 Å². The van der Waals surface area contributed by atoms with Gasteiger partial charge in [0.1, 0.15) is 0 Å². The van der Waals surface area contributed by atoms with Crippen LogP contribution in [0.5, 0.6) is 0 Å². The summed E-state index contributed by atoms with van der Waals surface area (Å²) in [4.78, 5) is 28.5. The normalized spacial score (nSPS) is 16.8. The van der Waals surface area contributed by atoms with E-state index >= 15 is 0 Å². The first-order valence-corrected chi connectivity index (χ1v) is 9.22. The molecule has 1 unspecified atom stereocenters. The minimum absolute atomic E-state index is 0.0144. The van der Waals surface area contributed by atoms with Crippen LogP contribution < -0.4 is 0 Å². The average molecular weight is 371 g/mol. The standard InChI is InChI=1S/C21H23ClN2O2/c1-23(14-17-8-5-9-19(22)12-17)21(26)18-13-20(25)24(15-18)11-10-16-6-3-2-4-7-16/h2-9,12,18H,10-11,13-15H2,1H3. The first-order valence-electron chi connectivity index (χ1n) is 8.84. The molecule has 3 rings (SSSR count). The van der Waals surface area contributed by atoms with Gasteiger partial charge in [-0.3, -0.25) is 9.59 Å². The SMILES string of the molecule is CN(Cc1cccc(Cl)c1)C(=O)C1CC(=O)N(CCc2ccccc2)C1. The van der Waals surface area contributed by atoms with Gasteiger partial charge < -0.3 is 9.80 Å². The lowest BCUT2D eigenvalue weighted by atomic mass is 10.1. The number of halogens is 1. The van der Waals surface area contributed by atoms with Gasteiger partial charge >= 0.3 is 0 Å². The second kappa shape index (κ2) is 8.37. The van der Waals surface area contributed by atoms with Crippen molar-refractivity contribution in [3.8, 4) is 0 Å². The maximum absolute atomic E-state index is 12.7. The van der Waals surface area contributed by atoms with E-state index in [0.717, 1.165) is 12.0 Å². The van der Waals surface area contributed by atoms with E-state index in [2.05, 4.69) is 12.1 Å². The Labute approximate surface area is 159 Å². The highest BCUT2D eigenvalue weighted by atomic mass is 35.5. The Hall–Kier alpha value is -2.33. The second-order valence-corrected chi connectivity index (χ2v) is 7.24. The maximum Gasteiger partial charge on any atom is 0.228 e. The molecule has 0 saturated carbocycles. The van der Waals surface area contributed by atoms with Crippen LogP contribution in [0.3, 0.4) is 0 Å². The molecule has 0 radical (unpaired) electrons. The van der Waals surface area contributed by atoms with Crippen LogP contribution in [0.2, 0.25) is 5.02 Å². The minimum Gasteiger partial charge on any atom is -0.342 e. The molecule has 2 amide bonds. The highest BCUT2D eigenvalue weighted by Crippen LogP contribution is 2.21. The van der Waals surface area contributed by atoms with Gasteiger partial charge in [0.15, 0.2) is 0 Å². The van der Waals surface area contributed by atoms with Crippen molar-refractivity contribution in [2.24, 2.45) is 5.92 Å². The van der Waals surface area contributed by atoms with Crippen LogP contribution in [0, 0.1) is 5.92 Å². The van der Waals surface area contributed by atoms with Gasteiger partial charge in [-0.1, -0.05) is 54.1 Å². The topological polar surface area (TPSA) is 40.6 Å². The zero-order valence-electron chi connectivity index (χ0n) is 14.9. The van der Waals surface area contributed by atoms with Crippen LogP contribution >= 0.6 is 11.6 Å². The zero-order valence-corrected chi connectivity index (χ0v) is 15.7. The number of rotatable bonds is 6. The number of hydrogen-bond donors (Lipinski definition) is 0. The van der Waals surface area contributed by atoms with Gasteiger partial charge in [-0.2, -0.15) is 0 Å². The highest BCUT2D eigenvalue weighted by molar-refractivity contribution is 6.30. The van der Waals surface area contributed by atoms with Gasteiger partial charge in [-0.05, 0) is 29.7 Å². The lowest BCUT2D eigenvalue weighted by molar-refractivity contribution is -0.135. The van der Waals surface area contributed by atoms with Crippen molar-refractivity contribution in [1.82, 2.24) is 9.80 Å². The van der Waals surface area contributed by atoms with Gasteiger partial charge in [0.05, 0.1) is 5.92 Å². The number of benzene rings is 2. The molecule has 1 fully saturated rings. The molecule has 2 aromatic carbocycles. The monoisotopic (exact) mass is 370 g/mol. The highest BCUT2D eigenvalue weighted by Gasteiger charge is 2.35. The summed E-state index contributed by atoms with van der Waals surface area (Å²) in [7, 11) is 1.78. The number of carbonyl (C=O) groups excluding carboxylic acids is 2. The van der Waals surface area contributed by atoms with E-state index in [-0.39, 0.29) is 17.7 Å². The van der Waals surface area contributed by atoms with Crippen LogP contribution in [0.1, 0.15) is 17.5 Å². The largest absolute Gasteiger partial charge is 0.342 e. The summed E-state index contributed by atoms with van der Waals surface area (Å²) < 4.78 is 0. The molecular formula is C21H23ClN2O2. The fraction of sp³-hybridized carbons (Fsp3) is 0.333. The van der Waals surface area contributed by atoms with Crippen molar-refractivity contribution in [2.75, 3.05) is 20.1 Å². The molecule has 2 aromatic rings. The van der Waals surface area contributed by atoms with E-state index in [9.17, 15) is 9.59 Å². The predicted molar refractivity (Wildman–Crippen MR) is 103 cm³/mol. The summed E-state index contributed by atoms with van der Waals surface area (Å²) in [6.45, 7) is 1.66. The van der Waals surface area contributed by atoms with Crippen LogP contribution in [-0.4, -0.2) is 41.8 Å². The molecule has 5 heteroatoms. The Morgan fingerprint density at radius 2 is 1.88 bits per heavy atom. The molecule has 1 heterocycles. The Balaban J connectivity index is 1.54. The van der Waals surface area contributed by atoms with Crippen molar-refractivity contribution >= 4 is 23.4 Å². The molecule has 4 nitrogen and oxygen atoms in total. The van der Waals surface area contributed by atoms with Gasteiger partial charge in [0.25, 0.3) is 0 Å². The molecule has 1 saturated heterocycles. The van der Waals surface area contributed by atoms with E-state index in [0.29, 0.717) is 31.1 Å². The summed E-state index contributed by atoms with van der Waals surface area (Å²) in [5, 5.41) is 0.659. The third kappa shape index (κ3) is 4.64. The number of amides is 2. The summed E-state index contributed by atoms with van der Waals surface area (Å²) in [5.41, 5.74) is 2.19. The zero-order chi connectivity index (χ0) is 18.5. The minimum atomic E-state index is -0.262. The fourth-order valence-corrected chi connectivity index (χ4v) is 3.57. The molecular weight excluding hydrogens is 348 g/mol. The van der Waals surface area contributed by atoms with Gasteiger partial charge in [-0.15, -0.1) is 0 Å². The molecule has 0 spiro atoms. The van der Waals surface area contributed by atoms with Crippen LogP contribution in [0.4, 0.5) is 0 Å². The molecule has 1 aliphatic rings. The van der Waals surface area contributed by atoms with E-state index in [1.807, 2.05) is 47.4 Å². The summed E-state index contributed by atoms with van der Waals surface area (Å²) >= 11 is 6.00. The predicted octanol–water partition coefficient (Wildman–Crippen LogP) is 3.39. The molecule has 1 aliphatic heterocycles. The van der Waals surface area contributed by atoms with Gasteiger partial charge in [-0.25, -0.2) is 0 Å².